The van der Waals surface area contributed by atoms with Gasteiger partial charge in [0.2, 0.25) is 0 Å². The van der Waals surface area contributed by atoms with Crippen LogP contribution in [0.2, 0.25) is 0 Å². The zero-order valence-electron chi connectivity index (χ0n) is 21.7. The van der Waals surface area contributed by atoms with Gasteiger partial charge in [-0.15, -0.1) is 0 Å². The zero-order valence-corrected chi connectivity index (χ0v) is 21.7. The average Bonchev–Trinajstić information content (AvgIpc) is 3.37. The molecule has 6 aliphatic rings. The topological polar surface area (TPSA) is 45.6 Å². The minimum atomic E-state index is -0.503. The van der Waals surface area contributed by atoms with Crippen LogP contribution in [-0.2, 0) is 4.74 Å². The van der Waals surface area contributed by atoms with Crippen LogP contribution in [0.3, 0.4) is 0 Å². The molecule has 4 heterocycles. The second-order valence-electron chi connectivity index (χ2n) is 13.5. The van der Waals surface area contributed by atoms with Gasteiger partial charge < -0.3 is 9.84 Å². The maximum Gasteiger partial charge on any atom is 0.0974 e. The Morgan fingerprint density at radius 1 is 1.06 bits per heavy atom. The van der Waals surface area contributed by atoms with Crippen molar-refractivity contribution >= 4 is 10.8 Å². The van der Waals surface area contributed by atoms with E-state index in [1.807, 2.05) is 19.3 Å². The number of hydrogen-bond acceptors (Lipinski definition) is 4. The average molecular weight is 483 g/mol. The summed E-state index contributed by atoms with van der Waals surface area (Å²) in [6.07, 6.45) is 18.5. The molecule has 4 nitrogen and oxygen atoms in total. The second kappa shape index (κ2) is 7.09. The van der Waals surface area contributed by atoms with Crippen LogP contribution in [0, 0.1) is 11.3 Å². The fourth-order valence-corrected chi connectivity index (χ4v) is 9.65. The van der Waals surface area contributed by atoms with Crippen molar-refractivity contribution in [1.29, 1.82) is 0 Å². The van der Waals surface area contributed by atoms with E-state index in [0.29, 0.717) is 17.9 Å². The van der Waals surface area contributed by atoms with Crippen LogP contribution in [0.15, 0.2) is 60.0 Å². The number of nitrogens with zero attached hydrogens (tertiary/aromatic N) is 2. The molecule has 0 amide bonds. The molecule has 1 aromatic heterocycles. The van der Waals surface area contributed by atoms with E-state index < -0.39 is 5.60 Å². The Morgan fingerprint density at radius 2 is 1.94 bits per heavy atom. The number of pyridine rings is 1. The van der Waals surface area contributed by atoms with E-state index in [1.165, 1.54) is 41.2 Å². The molecular formula is C32H38N2O2. The molecule has 0 radical (unpaired) electrons. The molecule has 2 bridgehead atoms. The summed E-state index contributed by atoms with van der Waals surface area (Å²) in [6, 6.07) is 9.73. The van der Waals surface area contributed by atoms with E-state index in [1.54, 1.807) is 5.57 Å². The number of rotatable bonds is 2. The minimum absolute atomic E-state index is 0.0767. The van der Waals surface area contributed by atoms with Gasteiger partial charge in [-0.25, -0.2) is 0 Å². The van der Waals surface area contributed by atoms with Gasteiger partial charge in [0.05, 0.1) is 16.8 Å². The van der Waals surface area contributed by atoms with Gasteiger partial charge in [0.15, 0.2) is 0 Å². The highest BCUT2D eigenvalue weighted by atomic mass is 16.5. The quantitative estimate of drug-likeness (QED) is 0.578. The van der Waals surface area contributed by atoms with Gasteiger partial charge >= 0.3 is 0 Å². The maximum atomic E-state index is 10.3. The monoisotopic (exact) mass is 482 g/mol. The van der Waals surface area contributed by atoms with Gasteiger partial charge in [-0.05, 0) is 110 Å². The lowest BCUT2D eigenvalue weighted by Crippen LogP contribution is -2.65. The van der Waals surface area contributed by atoms with E-state index in [4.69, 9.17) is 4.74 Å². The number of aliphatic hydroxyl groups is 1. The molecule has 3 aliphatic heterocycles. The molecule has 2 spiro atoms. The number of hydrogen-bond donors (Lipinski definition) is 1. The second-order valence-corrected chi connectivity index (χ2v) is 13.5. The number of likely N-dealkylation sites (tertiary alicyclic amines) is 1. The molecule has 8 rings (SSSR count). The molecule has 0 unspecified atom stereocenters. The van der Waals surface area contributed by atoms with E-state index >= 15 is 0 Å². The third-order valence-corrected chi connectivity index (χ3v) is 11.3. The normalized spacial score (nSPS) is 42.7. The summed E-state index contributed by atoms with van der Waals surface area (Å²) in [4.78, 5) is 6.89. The molecule has 3 aliphatic carbocycles. The van der Waals surface area contributed by atoms with Crippen LogP contribution >= 0.6 is 0 Å². The summed E-state index contributed by atoms with van der Waals surface area (Å²) in [6.45, 7) is 6.16. The van der Waals surface area contributed by atoms with Crippen LogP contribution < -0.4 is 0 Å². The minimum Gasteiger partial charge on any atom is -0.388 e. The number of allylic oxidation sites excluding steroid dienone is 1. The Morgan fingerprint density at radius 3 is 2.81 bits per heavy atom. The number of β-amino-alcohol motifs (C(OH)–C–C–N with tert-alkyl or cyclic N) is 1. The smallest absolute Gasteiger partial charge is 0.0974 e. The SMILES string of the molecule is CC1(O)CN([C@@H]2CCC3=CC4=CC[C@]5(C)[C@@H](c6ccc7ccncc7c6)CC[C@H]5[C@@]45CC[C@]3(C2)O5)C1. The number of fused-ring (bicyclic) bond motifs is 2. The third kappa shape index (κ3) is 2.84. The predicted molar refractivity (Wildman–Crippen MR) is 142 cm³/mol. The molecule has 2 saturated heterocycles. The summed E-state index contributed by atoms with van der Waals surface area (Å²) in [5.74, 6) is 1.13. The van der Waals surface area contributed by atoms with Gasteiger partial charge in [0.1, 0.15) is 0 Å². The predicted octanol–water partition coefficient (Wildman–Crippen LogP) is 5.91. The first-order valence-corrected chi connectivity index (χ1v) is 14.2. The van der Waals surface area contributed by atoms with Crippen molar-refractivity contribution < 1.29 is 9.84 Å². The molecule has 6 atom stereocenters. The Hall–Kier alpha value is -2.01. The van der Waals surface area contributed by atoms with Crippen LogP contribution in [0.1, 0.15) is 76.7 Å². The fraction of sp³-hybridized carbons (Fsp3) is 0.594. The van der Waals surface area contributed by atoms with Crippen molar-refractivity contribution in [2.75, 3.05) is 13.1 Å². The molecule has 4 heteroatoms. The zero-order chi connectivity index (χ0) is 24.3. The molecule has 4 fully saturated rings. The third-order valence-electron chi connectivity index (χ3n) is 11.3. The Labute approximate surface area is 214 Å². The molecule has 1 aromatic carbocycles. The fourth-order valence-electron chi connectivity index (χ4n) is 9.65. The van der Waals surface area contributed by atoms with Crippen LogP contribution in [0.25, 0.3) is 10.8 Å². The Bertz CT molecular complexity index is 1320. The summed E-state index contributed by atoms with van der Waals surface area (Å²) in [5.41, 5.74) is 4.08. The lowest BCUT2D eigenvalue weighted by molar-refractivity contribution is -0.157. The first-order valence-electron chi connectivity index (χ1n) is 14.2. The van der Waals surface area contributed by atoms with Gasteiger partial charge in [0.25, 0.3) is 0 Å². The van der Waals surface area contributed by atoms with E-state index in [-0.39, 0.29) is 16.6 Å². The summed E-state index contributed by atoms with van der Waals surface area (Å²) < 4.78 is 7.48. The Balaban J connectivity index is 1.13. The number of ether oxygens (including phenoxy) is 1. The van der Waals surface area contributed by atoms with E-state index in [9.17, 15) is 5.11 Å². The number of benzene rings is 1. The van der Waals surface area contributed by atoms with Gasteiger partial charge in [-0.3, -0.25) is 9.88 Å². The lowest BCUT2D eigenvalue weighted by Gasteiger charge is -2.56. The molecule has 2 saturated carbocycles. The van der Waals surface area contributed by atoms with Crippen LogP contribution in [-0.4, -0.2) is 50.9 Å². The molecular weight excluding hydrogens is 444 g/mol. The highest BCUT2D eigenvalue weighted by molar-refractivity contribution is 5.82. The first-order chi connectivity index (χ1) is 17.3. The van der Waals surface area contributed by atoms with Crippen LogP contribution in [0.5, 0.6) is 0 Å². The van der Waals surface area contributed by atoms with Gasteiger partial charge in [0, 0.05) is 36.9 Å². The highest BCUT2D eigenvalue weighted by Crippen LogP contribution is 2.69. The largest absolute Gasteiger partial charge is 0.388 e. The maximum absolute atomic E-state index is 10.3. The molecule has 1 N–H and O–H groups in total. The molecule has 2 aromatic rings. The van der Waals surface area contributed by atoms with Gasteiger partial charge in [-0.2, -0.15) is 0 Å². The van der Waals surface area contributed by atoms with E-state index in [2.05, 4.69) is 53.2 Å². The molecule has 36 heavy (non-hydrogen) atoms. The summed E-state index contributed by atoms with van der Waals surface area (Å²) in [7, 11) is 0. The Kier molecular flexibility index (Phi) is 4.34. The summed E-state index contributed by atoms with van der Waals surface area (Å²) in [5, 5.41) is 12.9. The standard InChI is InChI=1S/C32H38N2O2/c1-29(35)19-34(20-29)26-6-5-24-16-25-9-11-30(2)27(22-4-3-21-10-14-33-18-23(21)15-22)7-8-28(30)32(25)13-12-31(24,17-26)36-32/h3-4,9-10,14-16,18,26-28,35H,5-8,11-13,17,19-20H2,1-2H3/t26-,27-,28-,30-,31-,32-/m1/s1. The highest BCUT2D eigenvalue weighted by Gasteiger charge is 2.66. The van der Waals surface area contributed by atoms with Gasteiger partial charge in [-0.1, -0.05) is 31.2 Å². The molecule has 188 valence electrons. The van der Waals surface area contributed by atoms with Crippen molar-refractivity contribution in [3.8, 4) is 0 Å². The van der Waals surface area contributed by atoms with Crippen molar-refractivity contribution in [3.63, 3.8) is 0 Å². The lowest BCUT2D eigenvalue weighted by atomic mass is 9.58. The van der Waals surface area contributed by atoms with Crippen molar-refractivity contribution in [1.82, 2.24) is 9.88 Å². The summed E-state index contributed by atoms with van der Waals surface area (Å²) >= 11 is 0. The van der Waals surface area contributed by atoms with Crippen molar-refractivity contribution in [2.45, 2.75) is 94.0 Å². The van der Waals surface area contributed by atoms with Crippen molar-refractivity contribution in [3.05, 3.63) is 65.5 Å². The van der Waals surface area contributed by atoms with Crippen LogP contribution in [0.4, 0.5) is 0 Å². The van der Waals surface area contributed by atoms with E-state index in [0.717, 1.165) is 45.2 Å². The first kappa shape index (κ1) is 22.0. The number of aromatic nitrogens is 1. The van der Waals surface area contributed by atoms with Crippen molar-refractivity contribution in [2.24, 2.45) is 11.3 Å².